The Morgan fingerprint density at radius 3 is 2.22 bits per heavy atom. The first-order chi connectivity index (χ1) is 23.7. The van der Waals surface area contributed by atoms with E-state index in [9.17, 15) is 32.4 Å². The van der Waals surface area contributed by atoms with Crippen molar-refractivity contribution < 1.29 is 32.4 Å². The summed E-state index contributed by atoms with van der Waals surface area (Å²) in [4.78, 5) is 69.9. The summed E-state index contributed by atoms with van der Waals surface area (Å²) >= 11 is 0. The topological polar surface area (TPSA) is 174 Å². The van der Waals surface area contributed by atoms with E-state index < -0.39 is 80.5 Å². The lowest BCUT2D eigenvalue weighted by Gasteiger charge is -2.43. The van der Waals surface area contributed by atoms with Crippen LogP contribution in [0.25, 0.3) is 0 Å². The fourth-order valence-electron chi connectivity index (χ4n) is 6.68. The van der Waals surface area contributed by atoms with E-state index in [1.807, 2.05) is 48.5 Å². The van der Waals surface area contributed by atoms with Crippen molar-refractivity contribution >= 4 is 39.6 Å². The van der Waals surface area contributed by atoms with E-state index in [4.69, 9.17) is 0 Å². The number of likely N-dealkylation sites (N-methyl/N-ethyl adjacent to an activating group) is 1. The van der Waals surface area contributed by atoms with Crippen LogP contribution in [-0.4, -0.2) is 104 Å². The lowest BCUT2D eigenvalue weighted by molar-refractivity contribution is -0.145. The van der Waals surface area contributed by atoms with Crippen LogP contribution in [0.5, 0.6) is 0 Å². The van der Waals surface area contributed by atoms with Gasteiger partial charge in [0.05, 0.1) is 12.3 Å². The number of amides is 5. The van der Waals surface area contributed by atoms with Gasteiger partial charge in [-0.15, -0.1) is 12.3 Å². The zero-order valence-corrected chi connectivity index (χ0v) is 33.0. The SMILES string of the molecule is C=CCNC(=O)C(=O)C(CCC)NC(=O)[C@@H]1[C@@H](C=C=C(C)C)CCN1C(=O)[C@@H](NC(=O)N[C@H](CN(C)S(C)(=O)=O)C(C)(C)C)C1(C)CCCCC1. The first-order valence-corrected chi connectivity index (χ1v) is 19.9. The molecule has 1 unspecified atom stereocenters. The van der Waals surface area contributed by atoms with Gasteiger partial charge in [-0.3, -0.25) is 19.2 Å². The minimum Gasteiger partial charge on any atom is -0.346 e. The van der Waals surface area contributed by atoms with Gasteiger partial charge in [0.15, 0.2) is 0 Å². The molecule has 0 radical (unpaired) electrons. The van der Waals surface area contributed by atoms with Crippen molar-refractivity contribution in [2.24, 2.45) is 16.7 Å². The van der Waals surface area contributed by atoms with Crippen LogP contribution in [0, 0.1) is 16.7 Å². The molecule has 5 atom stereocenters. The number of carbonyl (C=O) groups excluding carboxylic acids is 5. The molecule has 2 aliphatic rings. The third kappa shape index (κ3) is 12.6. The number of likely N-dealkylation sites (tertiary alicyclic amines) is 1. The Hall–Kier alpha value is -3.48. The van der Waals surface area contributed by atoms with Crippen molar-refractivity contribution in [3.63, 3.8) is 0 Å². The molecule has 13 nitrogen and oxygen atoms in total. The molecule has 51 heavy (non-hydrogen) atoms. The maximum atomic E-state index is 14.8. The van der Waals surface area contributed by atoms with Crippen LogP contribution in [-0.2, 0) is 29.2 Å². The molecule has 2 fully saturated rings. The second-order valence-corrected chi connectivity index (χ2v) is 17.8. The molecule has 0 aromatic rings. The molecule has 0 aromatic carbocycles. The molecule has 1 saturated carbocycles. The van der Waals surface area contributed by atoms with E-state index in [0.717, 1.165) is 31.1 Å². The molecule has 0 bridgehead atoms. The average Bonchev–Trinajstić information content (AvgIpc) is 3.47. The van der Waals surface area contributed by atoms with Crippen molar-refractivity contribution in [2.45, 2.75) is 124 Å². The predicted molar refractivity (Wildman–Crippen MR) is 199 cm³/mol. The Bertz CT molecular complexity index is 1450. The fourth-order valence-corrected chi connectivity index (χ4v) is 7.10. The Kier molecular flexibility index (Phi) is 16.1. The summed E-state index contributed by atoms with van der Waals surface area (Å²) in [6.07, 6.45) is 9.66. The molecule has 0 spiro atoms. The van der Waals surface area contributed by atoms with Gasteiger partial charge in [-0.2, -0.15) is 0 Å². The second kappa shape index (κ2) is 18.8. The van der Waals surface area contributed by atoms with Crippen molar-refractivity contribution in [3.05, 3.63) is 30.0 Å². The van der Waals surface area contributed by atoms with Crippen LogP contribution < -0.4 is 21.3 Å². The van der Waals surface area contributed by atoms with Gasteiger partial charge in [-0.05, 0) is 62.0 Å². The maximum absolute atomic E-state index is 14.8. The summed E-state index contributed by atoms with van der Waals surface area (Å²) in [6.45, 7) is 17.2. The first kappa shape index (κ1) is 43.7. The number of Topliss-reactive ketones (excluding diaryl/α,β-unsaturated/α-hetero) is 1. The number of hydrogen-bond donors (Lipinski definition) is 4. The van der Waals surface area contributed by atoms with Crippen molar-refractivity contribution in [1.29, 1.82) is 0 Å². The number of urea groups is 1. The number of nitrogens with one attached hydrogen (secondary N) is 4. The summed E-state index contributed by atoms with van der Waals surface area (Å²) in [5.74, 6) is -3.01. The molecular weight excluding hydrogens is 673 g/mol. The number of hydrogen-bond acceptors (Lipinski definition) is 7. The smallest absolute Gasteiger partial charge is 0.315 e. The number of sulfonamides is 1. The lowest BCUT2D eigenvalue weighted by Crippen LogP contribution is -2.63. The van der Waals surface area contributed by atoms with Gasteiger partial charge in [0, 0.05) is 38.6 Å². The van der Waals surface area contributed by atoms with E-state index >= 15 is 0 Å². The van der Waals surface area contributed by atoms with Gasteiger partial charge in [0.25, 0.3) is 5.91 Å². The van der Waals surface area contributed by atoms with E-state index in [1.165, 1.54) is 22.3 Å². The van der Waals surface area contributed by atoms with Gasteiger partial charge in [-0.1, -0.05) is 66.4 Å². The first-order valence-electron chi connectivity index (χ1n) is 18.1. The zero-order valence-electron chi connectivity index (χ0n) is 32.2. The number of rotatable bonds is 16. The van der Waals surface area contributed by atoms with Crippen LogP contribution in [0.2, 0.25) is 0 Å². The molecular formula is C37H62N6O7S. The molecule has 1 heterocycles. The van der Waals surface area contributed by atoms with Crippen LogP contribution in [0.1, 0.15) is 99.8 Å². The minimum atomic E-state index is -3.52. The van der Waals surface area contributed by atoms with Gasteiger partial charge < -0.3 is 26.2 Å². The molecule has 0 aromatic heterocycles. The molecule has 1 saturated heterocycles. The highest BCUT2D eigenvalue weighted by atomic mass is 32.2. The van der Waals surface area contributed by atoms with Crippen molar-refractivity contribution in [2.75, 3.05) is 32.9 Å². The second-order valence-electron chi connectivity index (χ2n) is 15.7. The number of nitrogens with zero attached hydrogens (tertiary/aromatic N) is 2. The molecule has 5 amide bonds. The molecule has 1 aliphatic heterocycles. The quantitative estimate of drug-likeness (QED) is 0.107. The molecule has 14 heteroatoms. The van der Waals surface area contributed by atoms with E-state index in [1.54, 1.807) is 6.08 Å². The normalized spacial score (nSPS) is 20.6. The summed E-state index contributed by atoms with van der Waals surface area (Å²) in [5.41, 5.74) is 2.92. The van der Waals surface area contributed by atoms with Gasteiger partial charge in [0.1, 0.15) is 12.1 Å². The van der Waals surface area contributed by atoms with E-state index in [0.29, 0.717) is 25.7 Å². The Labute approximate surface area is 305 Å². The highest BCUT2D eigenvalue weighted by Crippen LogP contribution is 2.41. The zero-order chi connectivity index (χ0) is 38.7. The monoisotopic (exact) mass is 734 g/mol. The molecule has 2 rings (SSSR count). The summed E-state index contributed by atoms with van der Waals surface area (Å²) in [7, 11) is -2.07. The van der Waals surface area contributed by atoms with Crippen molar-refractivity contribution in [1.82, 2.24) is 30.5 Å². The largest absolute Gasteiger partial charge is 0.346 e. The summed E-state index contributed by atoms with van der Waals surface area (Å²) < 4.78 is 25.6. The third-order valence-electron chi connectivity index (χ3n) is 10.00. The number of ketones is 1. The van der Waals surface area contributed by atoms with Crippen LogP contribution in [0.3, 0.4) is 0 Å². The summed E-state index contributed by atoms with van der Waals surface area (Å²) in [6, 6.07) is -4.30. The lowest BCUT2D eigenvalue weighted by atomic mass is 9.70. The molecule has 4 N–H and O–H groups in total. The van der Waals surface area contributed by atoms with E-state index in [2.05, 4.69) is 33.6 Å². The highest BCUT2D eigenvalue weighted by Gasteiger charge is 2.49. The standard InChI is InChI=1S/C37H62N6O7S/c1-11-16-27(30(44)33(46)38-22-12-2)39-32(45)29-26(18-17-25(3)4)19-23-43(29)34(47)31(37(8)20-14-13-15-21-37)41-35(48)40-28(36(5,6)7)24-42(9)51(10,49)50/h12,18,26-29,31H,2,11,13-16,19-24H2,1,3-10H3,(H,38,46)(H,39,45)(H2,40,41,48)/t26-,27?,28+,29-,31+/m0/s1. The maximum Gasteiger partial charge on any atom is 0.315 e. The van der Waals surface area contributed by atoms with Crippen LogP contribution >= 0.6 is 0 Å². The highest BCUT2D eigenvalue weighted by molar-refractivity contribution is 7.88. The van der Waals surface area contributed by atoms with Gasteiger partial charge in [0.2, 0.25) is 27.6 Å². The van der Waals surface area contributed by atoms with Gasteiger partial charge in [-0.25, -0.2) is 17.5 Å². The van der Waals surface area contributed by atoms with Crippen LogP contribution in [0.15, 0.2) is 30.0 Å². The minimum absolute atomic E-state index is 0.0294. The van der Waals surface area contributed by atoms with Crippen LogP contribution in [0.4, 0.5) is 4.79 Å². The molecule has 288 valence electrons. The van der Waals surface area contributed by atoms with Crippen molar-refractivity contribution in [3.8, 4) is 0 Å². The van der Waals surface area contributed by atoms with E-state index in [-0.39, 0.29) is 26.1 Å². The molecule has 1 aliphatic carbocycles. The average molecular weight is 735 g/mol. The van der Waals surface area contributed by atoms with Gasteiger partial charge >= 0.3 is 6.03 Å². The fraction of sp³-hybridized carbons (Fsp3) is 0.730. The predicted octanol–water partition coefficient (Wildman–Crippen LogP) is 3.43. The Morgan fingerprint density at radius 1 is 1.06 bits per heavy atom. The Morgan fingerprint density at radius 2 is 1.69 bits per heavy atom. The number of carbonyl (C=O) groups is 5. The Balaban J connectivity index is 2.51. The summed E-state index contributed by atoms with van der Waals surface area (Å²) in [5, 5.41) is 11.2. The third-order valence-corrected chi connectivity index (χ3v) is 11.3.